The van der Waals surface area contributed by atoms with Crippen molar-refractivity contribution in [3.05, 3.63) is 83.3 Å². The summed E-state index contributed by atoms with van der Waals surface area (Å²) in [4.78, 5) is 17.5. The average Bonchev–Trinajstić information content (AvgIpc) is 3.49. The maximum atomic E-state index is 13.2. The number of ether oxygens (including phenoxy) is 2. The van der Waals surface area contributed by atoms with Crippen molar-refractivity contribution in [1.29, 1.82) is 0 Å². The van der Waals surface area contributed by atoms with Gasteiger partial charge >= 0.3 is 0 Å². The third-order valence-corrected chi connectivity index (χ3v) is 6.79. The molecule has 0 radical (unpaired) electrons. The third kappa shape index (κ3) is 3.89. The molecule has 4 aromatic rings. The molecule has 6 rings (SSSR count). The average molecular weight is 470 g/mol. The van der Waals surface area contributed by atoms with E-state index in [0.717, 1.165) is 24.2 Å². The maximum absolute atomic E-state index is 13.2. The Morgan fingerprint density at radius 2 is 2.11 bits per heavy atom. The molecule has 3 N–H and O–H groups in total. The Balaban J connectivity index is 1.28. The molecule has 0 saturated heterocycles. The Kier molecular flexibility index (Phi) is 5.00. The number of carbonyl (C=O) groups excluding carboxylic acids is 1. The minimum absolute atomic E-state index is 0.0845. The number of hydrogen-bond donors (Lipinski definition) is 2. The van der Waals surface area contributed by atoms with Crippen LogP contribution in [0.4, 0.5) is 5.69 Å². The molecule has 0 spiro atoms. The zero-order valence-corrected chi connectivity index (χ0v) is 19.7. The van der Waals surface area contributed by atoms with E-state index in [1.165, 1.54) is 17.3 Å². The van der Waals surface area contributed by atoms with Gasteiger partial charge in [0, 0.05) is 42.4 Å². The molecule has 1 aliphatic carbocycles. The normalized spacial score (nSPS) is 19.7. The molecule has 8 heteroatoms. The first-order chi connectivity index (χ1) is 16.9. The molecule has 2 atom stereocenters. The van der Waals surface area contributed by atoms with Gasteiger partial charge in [-0.3, -0.25) is 4.79 Å². The number of nitrogens with zero attached hydrogens (tertiary/aromatic N) is 3. The Hall–Kier alpha value is -3.91. The molecule has 8 nitrogen and oxygen atoms in total. The van der Waals surface area contributed by atoms with E-state index in [1.807, 2.05) is 38.1 Å². The second kappa shape index (κ2) is 8.09. The molecule has 0 unspecified atom stereocenters. The van der Waals surface area contributed by atoms with Gasteiger partial charge in [-0.05, 0) is 43.5 Å². The Morgan fingerprint density at radius 1 is 1.26 bits per heavy atom. The van der Waals surface area contributed by atoms with E-state index in [0.29, 0.717) is 29.3 Å². The number of anilines is 1. The van der Waals surface area contributed by atoms with Crippen molar-refractivity contribution >= 4 is 17.2 Å². The zero-order valence-electron chi connectivity index (χ0n) is 19.7. The number of benzene rings is 2. The van der Waals surface area contributed by atoms with Gasteiger partial charge in [0.1, 0.15) is 22.7 Å². The minimum atomic E-state index is -0.315. The molecule has 1 aliphatic heterocycles. The lowest BCUT2D eigenvalue weighted by Crippen LogP contribution is -2.24. The molecule has 0 bridgehead atoms. The Morgan fingerprint density at radius 3 is 2.97 bits per heavy atom. The first-order valence-electron chi connectivity index (χ1n) is 11.8. The van der Waals surface area contributed by atoms with Crippen LogP contribution in [0, 0.1) is 5.92 Å². The van der Waals surface area contributed by atoms with E-state index in [2.05, 4.69) is 27.5 Å². The van der Waals surface area contributed by atoms with Gasteiger partial charge in [0.25, 0.3) is 5.91 Å². The van der Waals surface area contributed by atoms with Crippen LogP contribution in [-0.4, -0.2) is 32.7 Å². The van der Waals surface area contributed by atoms with Crippen molar-refractivity contribution < 1.29 is 14.3 Å². The molecule has 2 aromatic carbocycles. The fourth-order valence-corrected chi connectivity index (χ4v) is 5.09. The van der Waals surface area contributed by atoms with E-state index >= 15 is 0 Å². The van der Waals surface area contributed by atoms with Gasteiger partial charge in [-0.15, -0.1) is 0 Å². The fraction of sp³-hybridized carbons (Fsp3) is 0.296. The smallest absolute Gasteiger partial charge is 0.261 e. The molecule has 3 heterocycles. The lowest BCUT2D eigenvalue weighted by Gasteiger charge is -2.20. The summed E-state index contributed by atoms with van der Waals surface area (Å²) in [5.41, 5.74) is 11.2. The largest absolute Gasteiger partial charge is 0.491 e. The number of fused-ring (bicyclic) bond motifs is 3. The first-order valence-corrected chi connectivity index (χ1v) is 11.8. The standard InChI is InChI=1S/C27H27N5O3/c1-27(2)13-17-11-21(31-26(33)20-14-30-32-9-5-8-29-25(20)32)23(12-22(17)35-27)34-15-18-10-16-6-3-4-7-19(16)24(18)28/h3-9,11-12,14,18,24H,10,13,15,28H2,1-2H3,(H,31,33)/t18-,24-/m1/s1. The topological polar surface area (TPSA) is 104 Å². The highest BCUT2D eigenvalue weighted by Gasteiger charge is 2.33. The lowest BCUT2D eigenvalue weighted by molar-refractivity contribution is 0.102. The molecule has 1 amide bonds. The summed E-state index contributed by atoms with van der Waals surface area (Å²) in [5.74, 6) is 1.18. The van der Waals surface area contributed by atoms with Crippen LogP contribution in [0.5, 0.6) is 11.5 Å². The Labute approximate surface area is 203 Å². The van der Waals surface area contributed by atoms with E-state index in [9.17, 15) is 4.79 Å². The highest BCUT2D eigenvalue weighted by Crippen LogP contribution is 2.42. The SMILES string of the molecule is CC1(C)Cc2cc(NC(=O)c3cnn4cccnc34)c(OC[C@H]3Cc4ccccc4[C@@H]3N)cc2O1. The van der Waals surface area contributed by atoms with Crippen LogP contribution in [0.25, 0.3) is 5.65 Å². The second-order valence-electron chi connectivity index (χ2n) is 9.89. The number of amides is 1. The molecular weight excluding hydrogens is 442 g/mol. The van der Waals surface area contributed by atoms with Crippen LogP contribution >= 0.6 is 0 Å². The summed E-state index contributed by atoms with van der Waals surface area (Å²) < 4.78 is 14.0. The third-order valence-electron chi connectivity index (χ3n) is 6.79. The van der Waals surface area contributed by atoms with Crippen molar-refractivity contribution in [3.63, 3.8) is 0 Å². The van der Waals surface area contributed by atoms with Gasteiger partial charge in [0.2, 0.25) is 0 Å². The van der Waals surface area contributed by atoms with Crippen LogP contribution in [0.15, 0.2) is 61.1 Å². The van der Waals surface area contributed by atoms with Crippen LogP contribution < -0.4 is 20.5 Å². The van der Waals surface area contributed by atoms with Crippen molar-refractivity contribution in [2.24, 2.45) is 11.7 Å². The number of hydrogen-bond acceptors (Lipinski definition) is 6. The first kappa shape index (κ1) is 21.6. The van der Waals surface area contributed by atoms with Crippen molar-refractivity contribution in [2.75, 3.05) is 11.9 Å². The fourth-order valence-electron chi connectivity index (χ4n) is 5.09. The summed E-state index contributed by atoms with van der Waals surface area (Å²) >= 11 is 0. The highest BCUT2D eigenvalue weighted by molar-refractivity contribution is 6.08. The number of aromatic nitrogens is 3. The van der Waals surface area contributed by atoms with E-state index in [4.69, 9.17) is 15.2 Å². The van der Waals surface area contributed by atoms with E-state index < -0.39 is 0 Å². The van der Waals surface area contributed by atoms with Crippen LogP contribution in [0.1, 0.15) is 46.9 Å². The summed E-state index contributed by atoms with van der Waals surface area (Å²) in [7, 11) is 0. The number of carbonyl (C=O) groups is 1. The van der Waals surface area contributed by atoms with Crippen molar-refractivity contribution in [1.82, 2.24) is 14.6 Å². The molecule has 2 aliphatic rings. The lowest BCUT2D eigenvalue weighted by atomic mass is 10.0. The van der Waals surface area contributed by atoms with Gasteiger partial charge in [0.15, 0.2) is 5.65 Å². The Bertz CT molecular complexity index is 1440. The summed E-state index contributed by atoms with van der Waals surface area (Å²) in [5, 5.41) is 7.25. The minimum Gasteiger partial charge on any atom is -0.491 e. The van der Waals surface area contributed by atoms with Gasteiger partial charge in [-0.2, -0.15) is 5.10 Å². The van der Waals surface area contributed by atoms with Crippen LogP contribution in [0.2, 0.25) is 0 Å². The molecule has 178 valence electrons. The predicted octanol–water partition coefficient (Wildman–Crippen LogP) is 3.95. The molecular formula is C27H27N5O3. The van der Waals surface area contributed by atoms with Crippen molar-refractivity contribution in [2.45, 2.75) is 38.3 Å². The maximum Gasteiger partial charge on any atom is 0.261 e. The summed E-state index contributed by atoms with van der Waals surface area (Å²) in [6, 6.07) is 13.8. The number of rotatable bonds is 5. The highest BCUT2D eigenvalue weighted by atomic mass is 16.5. The second-order valence-corrected chi connectivity index (χ2v) is 9.89. The van der Waals surface area contributed by atoms with Crippen LogP contribution in [0.3, 0.4) is 0 Å². The van der Waals surface area contributed by atoms with Gasteiger partial charge < -0.3 is 20.5 Å². The predicted molar refractivity (Wildman–Crippen MR) is 132 cm³/mol. The van der Waals surface area contributed by atoms with Crippen molar-refractivity contribution in [3.8, 4) is 11.5 Å². The summed E-state index contributed by atoms with van der Waals surface area (Å²) in [6.45, 7) is 4.52. The number of nitrogens with two attached hydrogens (primary N) is 1. The monoisotopic (exact) mass is 469 g/mol. The quantitative estimate of drug-likeness (QED) is 0.459. The van der Waals surface area contributed by atoms with E-state index in [-0.39, 0.29) is 23.5 Å². The van der Waals surface area contributed by atoms with Gasteiger partial charge in [0.05, 0.1) is 18.5 Å². The van der Waals surface area contributed by atoms with Gasteiger partial charge in [-0.1, -0.05) is 24.3 Å². The number of nitrogens with one attached hydrogen (secondary N) is 1. The molecule has 0 fully saturated rings. The molecule has 35 heavy (non-hydrogen) atoms. The molecule has 0 saturated carbocycles. The van der Waals surface area contributed by atoms with Gasteiger partial charge in [-0.25, -0.2) is 9.50 Å². The van der Waals surface area contributed by atoms with E-state index in [1.54, 1.807) is 23.0 Å². The van der Waals surface area contributed by atoms with Crippen LogP contribution in [-0.2, 0) is 12.8 Å². The zero-order chi connectivity index (χ0) is 24.2. The summed E-state index contributed by atoms with van der Waals surface area (Å²) in [6.07, 6.45) is 6.52. The molecule has 2 aromatic heterocycles.